The number of halogens is 1. The lowest BCUT2D eigenvalue weighted by atomic mass is 10.2. The van der Waals surface area contributed by atoms with Gasteiger partial charge in [-0.1, -0.05) is 11.6 Å². The standard InChI is InChI=1S/C12H17ClN4O2/c1-15(2)8-9-4-3-5-16(9)12-7-10(17(18)19)6-11(13)14-12/h6-7,9H,3-5,8H2,1-2H3. The largest absolute Gasteiger partial charge is 0.352 e. The van der Waals surface area contributed by atoms with Crippen LogP contribution in [0.15, 0.2) is 12.1 Å². The van der Waals surface area contributed by atoms with Crippen LogP contribution in [0.5, 0.6) is 0 Å². The molecule has 1 aliphatic rings. The van der Waals surface area contributed by atoms with Gasteiger partial charge in [-0.3, -0.25) is 10.1 Å². The van der Waals surface area contributed by atoms with Crippen molar-refractivity contribution in [2.75, 3.05) is 32.1 Å². The van der Waals surface area contributed by atoms with Crippen LogP contribution in [-0.2, 0) is 0 Å². The Labute approximate surface area is 117 Å². The van der Waals surface area contributed by atoms with Crippen LogP contribution in [0.4, 0.5) is 11.5 Å². The van der Waals surface area contributed by atoms with E-state index in [4.69, 9.17) is 11.6 Å². The zero-order valence-corrected chi connectivity index (χ0v) is 11.8. The van der Waals surface area contributed by atoms with Gasteiger partial charge in [0.05, 0.1) is 17.1 Å². The Balaban J connectivity index is 2.27. The number of pyridine rings is 1. The molecule has 1 saturated heterocycles. The average molecular weight is 285 g/mol. The van der Waals surface area contributed by atoms with Crippen molar-refractivity contribution in [1.29, 1.82) is 0 Å². The highest BCUT2D eigenvalue weighted by molar-refractivity contribution is 6.29. The molecule has 6 nitrogen and oxygen atoms in total. The van der Waals surface area contributed by atoms with Crippen LogP contribution >= 0.6 is 11.6 Å². The molecule has 1 aliphatic heterocycles. The second-order valence-corrected chi connectivity index (χ2v) is 5.40. The first-order valence-corrected chi connectivity index (χ1v) is 6.58. The molecule has 104 valence electrons. The molecule has 1 unspecified atom stereocenters. The van der Waals surface area contributed by atoms with Gasteiger partial charge in [0.15, 0.2) is 0 Å². The zero-order valence-electron chi connectivity index (χ0n) is 11.0. The number of likely N-dealkylation sites (N-methyl/N-ethyl adjacent to an activating group) is 1. The summed E-state index contributed by atoms with van der Waals surface area (Å²) in [6, 6.07) is 3.11. The molecule has 19 heavy (non-hydrogen) atoms. The molecule has 1 aromatic heterocycles. The number of nitrogens with zero attached hydrogens (tertiary/aromatic N) is 4. The van der Waals surface area contributed by atoms with Gasteiger partial charge < -0.3 is 9.80 Å². The molecule has 0 radical (unpaired) electrons. The number of aromatic nitrogens is 1. The Kier molecular flexibility index (Phi) is 4.21. The molecule has 0 aliphatic carbocycles. The van der Waals surface area contributed by atoms with Gasteiger partial charge in [0.1, 0.15) is 11.0 Å². The summed E-state index contributed by atoms with van der Waals surface area (Å²) in [6.45, 7) is 1.77. The Morgan fingerprint density at radius 3 is 2.95 bits per heavy atom. The molecule has 0 bridgehead atoms. The van der Waals surface area contributed by atoms with E-state index in [0.717, 1.165) is 25.9 Å². The van der Waals surface area contributed by atoms with Gasteiger partial charge in [-0.05, 0) is 26.9 Å². The fourth-order valence-corrected chi connectivity index (χ4v) is 2.67. The summed E-state index contributed by atoms with van der Waals surface area (Å²) < 4.78 is 0. The Bertz CT molecular complexity index is 481. The van der Waals surface area contributed by atoms with Crippen LogP contribution in [0.3, 0.4) is 0 Å². The van der Waals surface area contributed by atoms with E-state index in [9.17, 15) is 10.1 Å². The van der Waals surface area contributed by atoms with Crippen molar-refractivity contribution in [2.24, 2.45) is 0 Å². The highest BCUT2D eigenvalue weighted by atomic mass is 35.5. The maximum atomic E-state index is 10.9. The molecular weight excluding hydrogens is 268 g/mol. The average Bonchev–Trinajstić information content (AvgIpc) is 2.75. The van der Waals surface area contributed by atoms with Crippen molar-refractivity contribution in [2.45, 2.75) is 18.9 Å². The van der Waals surface area contributed by atoms with Crippen LogP contribution < -0.4 is 4.90 Å². The summed E-state index contributed by atoms with van der Waals surface area (Å²) in [4.78, 5) is 18.9. The minimum Gasteiger partial charge on any atom is -0.352 e. The van der Waals surface area contributed by atoms with Gasteiger partial charge in [0, 0.05) is 19.1 Å². The topological polar surface area (TPSA) is 62.5 Å². The maximum absolute atomic E-state index is 10.9. The zero-order chi connectivity index (χ0) is 14.0. The maximum Gasteiger partial charge on any atom is 0.276 e. The number of hydrogen-bond donors (Lipinski definition) is 0. The molecule has 2 heterocycles. The number of nitro groups is 1. The predicted octanol–water partition coefficient (Wildman–Crippen LogP) is 2.17. The van der Waals surface area contributed by atoms with Crippen molar-refractivity contribution in [3.05, 3.63) is 27.4 Å². The van der Waals surface area contributed by atoms with Crippen molar-refractivity contribution in [3.63, 3.8) is 0 Å². The molecule has 1 atom stereocenters. The summed E-state index contributed by atoms with van der Waals surface area (Å²) in [7, 11) is 4.04. The summed E-state index contributed by atoms with van der Waals surface area (Å²) in [5.74, 6) is 0.601. The first-order valence-electron chi connectivity index (χ1n) is 6.20. The predicted molar refractivity (Wildman–Crippen MR) is 74.8 cm³/mol. The van der Waals surface area contributed by atoms with E-state index in [1.807, 2.05) is 14.1 Å². The van der Waals surface area contributed by atoms with Crippen molar-refractivity contribution >= 4 is 23.1 Å². The van der Waals surface area contributed by atoms with E-state index in [1.165, 1.54) is 12.1 Å². The first-order chi connectivity index (χ1) is 8.97. The summed E-state index contributed by atoms with van der Waals surface area (Å²) in [5, 5.41) is 11.0. The van der Waals surface area contributed by atoms with Gasteiger partial charge in [-0.2, -0.15) is 0 Å². The first kappa shape index (κ1) is 14.0. The second-order valence-electron chi connectivity index (χ2n) is 5.02. The van der Waals surface area contributed by atoms with Crippen molar-refractivity contribution in [3.8, 4) is 0 Å². The van der Waals surface area contributed by atoms with Crippen LogP contribution in [-0.4, -0.2) is 48.0 Å². The quantitative estimate of drug-likeness (QED) is 0.482. The van der Waals surface area contributed by atoms with E-state index in [2.05, 4.69) is 14.8 Å². The SMILES string of the molecule is CN(C)CC1CCCN1c1cc([N+](=O)[O-])cc(Cl)n1. The van der Waals surface area contributed by atoms with Gasteiger partial charge >= 0.3 is 0 Å². The molecular formula is C12H17ClN4O2. The monoisotopic (exact) mass is 284 g/mol. The minimum atomic E-state index is -0.436. The smallest absolute Gasteiger partial charge is 0.276 e. The fraction of sp³-hybridized carbons (Fsp3) is 0.583. The molecule has 7 heteroatoms. The molecule has 2 rings (SSSR count). The third kappa shape index (κ3) is 3.33. The van der Waals surface area contributed by atoms with E-state index in [1.54, 1.807) is 0 Å². The number of hydrogen-bond acceptors (Lipinski definition) is 5. The lowest BCUT2D eigenvalue weighted by Gasteiger charge is -2.27. The highest BCUT2D eigenvalue weighted by Crippen LogP contribution is 2.29. The van der Waals surface area contributed by atoms with Gasteiger partial charge in [0.2, 0.25) is 0 Å². The Hall–Kier alpha value is -1.40. The van der Waals surface area contributed by atoms with Crippen LogP contribution in [0.2, 0.25) is 5.15 Å². The van der Waals surface area contributed by atoms with E-state index < -0.39 is 4.92 Å². The van der Waals surface area contributed by atoms with Gasteiger partial charge in [0.25, 0.3) is 5.69 Å². The Morgan fingerprint density at radius 1 is 1.58 bits per heavy atom. The van der Waals surface area contributed by atoms with Crippen molar-refractivity contribution < 1.29 is 4.92 Å². The van der Waals surface area contributed by atoms with Gasteiger partial charge in [-0.15, -0.1) is 0 Å². The van der Waals surface area contributed by atoms with E-state index in [0.29, 0.717) is 11.9 Å². The highest BCUT2D eigenvalue weighted by Gasteiger charge is 2.27. The lowest BCUT2D eigenvalue weighted by molar-refractivity contribution is -0.384. The molecule has 0 aromatic carbocycles. The molecule has 0 N–H and O–H groups in total. The molecule has 1 aromatic rings. The molecule has 1 fully saturated rings. The van der Waals surface area contributed by atoms with E-state index >= 15 is 0 Å². The molecule has 0 spiro atoms. The summed E-state index contributed by atoms with van der Waals surface area (Å²) in [6.07, 6.45) is 2.14. The Morgan fingerprint density at radius 2 is 2.32 bits per heavy atom. The molecule has 0 amide bonds. The summed E-state index contributed by atoms with van der Waals surface area (Å²) in [5.41, 5.74) is -0.00879. The third-order valence-electron chi connectivity index (χ3n) is 3.22. The number of rotatable bonds is 4. The van der Waals surface area contributed by atoms with Gasteiger partial charge in [-0.25, -0.2) is 4.98 Å². The van der Waals surface area contributed by atoms with Crippen LogP contribution in [0, 0.1) is 10.1 Å². The lowest BCUT2D eigenvalue weighted by Crippen LogP contribution is -2.38. The van der Waals surface area contributed by atoms with Crippen molar-refractivity contribution in [1.82, 2.24) is 9.88 Å². The minimum absolute atomic E-state index is 0.00879. The van der Waals surface area contributed by atoms with E-state index in [-0.39, 0.29) is 10.8 Å². The second kappa shape index (κ2) is 5.71. The molecule has 0 saturated carbocycles. The van der Waals surface area contributed by atoms with Crippen LogP contribution in [0.25, 0.3) is 0 Å². The normalized spacial score (nSPS) is 19.2. The number of anilines is 1. The fourth-order valence-electron chi connectivity index (χ4n) is 2.47. The summed E-state index contributed by atoms with van der Waals surface area (Å²) >= 11 is 5.87. The third-order valence-corrected chi connectivity index (χ3v) is 3.42. The van der Waals surface area contributed by atoms with Crippen LogP contribution in [0.1, 0.15) is 12.8 Å².